The zero-order valence-electron chi connectivity index (χ0n) is 13.7. The fourth-order valence-electron chi connectivity index (χ4n) is 4.10. The van der Waals surface area contributed by atoms with Crippen LogP contribution in [0.4, 0.5) is 0 Å². The number of hydrogen-bond acceptors (Lipinski definition) is 3. The number of hydrogen-bond donors (Lipinski definition) is 0. The van der Waals surface area contributed by atoms with E-state index in [9.17, 15) is 0 Å². The van der Waals surface area contributed by atoms with E-state index in [0.717, 1.165) is 6.04 Å². The Balaban J connectivity index is 1.51. The maximum atomic E-state index is 2.77. The Bertz CT molecular complexity index is 440. The van der Waals surface area contributed by atoms with Crippen LogP contribution < -0.4 is 0 Å². The summed E-state index contributed by atoms with van der Waals surface area (Å²) in [6.07, 6.45) is 8.25. The highest BCUT2D eigenvalue weighted by atomic mass is 32.1. The highest BCUT2D eigenvalue weighted by Crippen LogP contribution is 2.26. The van der Waals surface area contributed by atoms with Gasteiger partial charge in [0, 0.05) is 17.5 Å². The van der Waals surface area contributed by atoms with Crippen molar-refractivity contribution in [1.29, 1.82) is 0 Å². The van der Waals surface area contributed by atoms with Crippen molar-refractivity contribution in [3.8, 4) is 0 Å². The van der Waals surface area contributed by atoms with E-state index in [1.54, 1.807) is 11.1 Å². The van der Waals surface area contributed by atoms with Gasteiger partial charge >= 0.3 is 0 Å². The summed E-state index contributed by atoms with van der Waals surface area (Å²) in [5.74, 6) is 0. The van der Waals surface area contributed by atoms with Gasteiger partial charge < -0.3 is 4.90 Å². The zero-order valence-corrected chi connectivity index (χ0v) is 14.6. The summed E-state index contributed by atoms with van der Waals surface area (Å²) in [5, 5.41) is 2.39. The first-order valence-electron chi connectivity index (χ1n) is 8.80. The van der Waals surface area contributed by atoms with Gasteiger partial charge in [-0.15, -0.1) is 11.3 Å². The fraction of sp³-hybridized carbons (Fsp3) is 0.778. The van der Waals surface area contributed by atoms with Crippen molar-refractivity contribution >= 4 is 11.3 Å². The van der Waals surface area contributed by atoms with Gasteiger partial charge in [-0.25, -0.2) is 0 Å². The quantitative estimate of drug-likeness (QED) is 0.827. The van der Waals surface area contributed by atoms with Gasteiger partial charge in [-0.1, -0.05) is 13.3 Å². The summed E-state index contributed by atoms with van der Waals surface area (Å²) in [6, 6.07) is 0.872. The zero-order chi connectivity index (χ0) is 14.7. The summed E-state index contributed by atoms with van der Waals surface area (Å²) in [4.78, 5) is 6.98. The molecule has 2 nitrogen and oxygen atoms in total. The van der Waals surface area contributed by atoms with Crippen molar-refractivity contribution in [2.24, 2.45) is 0 Å². The van der Waals surface area contributed by atoms with E-state index in [2.05, 4.69) is 29.0 Å². The lowest BCUT2D eigenvalue weighted by Gasteiger charge is -2.40. The van der Waals surface area contributed by atoms with Crippen LogP contribution >= 0.6 is 11.3 Å². The molecule has 3 heteroatoms. The smallest absolute Gasteiger partial charge is 0.0244 e. The van der Waals surface area contributed by atoms with Crippen LogP contribution in [-0.4, -0.2) is 42.0 Å². The Morgan fingerprint density at radius 2 is 1.81 bits per heavy atom. The van der Waals surface area contributed by atoms with Crippen LogP contribution in [0.3, 0.4) is 0 Å². The monoisotopic (exact) mass is 306 g/mol. The molecular formula is C18H30N2S. The van der Waals surface area contributed by atoms with Crippen molar-refractivity contribution in [2.45, 2.75) is 65.0 Å². The molecule has 2 aliphatic rings. The molecule has 2 saturated heterocycles. The lowest BCUT2D eigenvalue weighted by molar-refractivity contribution is 0.0896. The molecule has 0 bridgehead atoms. The van der Waals surface area contributed by atoms with Crippen molar-refractivity contribution in [3.63, 3.8) is 0 Å². The van der Waals surface area contributed by atoms with Gasteiger partial charge in [0.1, 0.15) is 0 Å². The van der Waals surface area contributed by atoms with Crippen LogP contribution in [0, 0.1) is 6.92 Å². The minimum Gasteiger partial charge on any atom is -0.300 e. The molecule has 21 heavy (non-hydrogen) atoms. The molecule has 0 saturated carbocycles. The second-order valence-electron chi connectivity index (χ2n) is 6.75. The van der Waals surface area contributed by atoms with E-state index in [-0.39, 0.29) is 0 Å². The third-order valence-corrected chi connectivity index (χ3v) is 6.40. The molecule has 1 aromatic heterocycles. The molecule has 2 fully saturated rings. The van der Waals surface area contributed by atoms with E-state index in [1.165, 1.54) is 76.1 Å². The third-order valence-electron chi connectivity index (χ3n) is 5.40. The molecule has 0 unspecified atom stereocenters. The highest BCUT2D eigenvalue weighted by Gasteiger charge is 2.25. The average molecular weight is 307 g/mol. The molecule has 1 aromatic rings. The molecule has 0 radical (unpaired) electrons. The first-order valence-corrected chi connectivity index (χ1v) is 9.68. The van der Waals surface area contributed by atoms with Gasteiger partial charge in [0.2, 0.25) is 0 Å². The van der Waals surface area contributed by atoms with Crippen molar-refractivity contribution < 1.29 is 0 Å². The van der Waals surface area contributed by atoms with Gasteiger partial charge in [-0.2, -0.15) is 0 Å². The van der Waals surface area contributed by atoms with Crippen LogP contribution in [0.5, 0.6) is 0 Å². The largest absolute Gasteiger partial charge is 0.300 e. The second kappa shape index (κ2) is 7.26. The Kier molecular flexibility index (Phi) is 5.36. The summed E-state index contributed by atoms with van der Waals surface area (Å²) in [6.45, 7) is 11.0. The first-order chi connectivity index (χ1) is 10.3. The number of piperidine rings is 2. The van der Waals surface area contributed by atoms with Crippen molar-refractivity contribution in [1.82, 2.24) is 9.80 Å². The predicted molar refractivity (Wildman–Crippen MR) is 92.2 cm³/mol. The van der Waals surface area contributed by atoms with E-state index >= 15 is 0 Å². The van der Waals surface area contributed by atoms with Gasteiger partial charge in [-0.05, 0) is 81.7 Å². The Morgan fingerprint density at radius 3 is 2.48 bits per heavy atom. The number of aryl methyl sites for hydroxylation is 1. The van der Waals surface area contributed by atoms with Gasteiger partial charge in [0.15, 0.2) is 0 Å². The molecule has 3 rings (SSSR count). The van der Waals surface area contributed by atoms with Gasteiger partial charge in [-0.3, -0.25) is 4.90 Å². The number of thiophene rings is 1. The van der Waals surface area contributed by atoms with Crippen LogP contribution in [-0.2, 0) is 13.0 Å². The minimum absolute atomic E-state index is 0.872. The predicted octanol–water partition coefficient (Wildman–Crippen LogP) is 4.07. The SMILES string of the molecule is CCc1c(CN2CCC(N3CCCCC3)CC2)csc1C. The third kappa shape index (κ3) is 3.69. The Hall–Kier alpha value is -0.380. The number of rotatable bonds is 4. The molecule has 0 N–H and O–H groups in total. The normalized spacial score (nSPS) is 22.8. The lowest BCUT2D eigenvalue weighted by atomic mass is 9.99. The molecule has 0 atom stereocenters. The average Bonchev–Trinajstić information content (AvgIpc) is 2.89. The lowest BCUT2D eigenvalue weighted by Crippen LogP contribution is -2.46. The van der Waals surface area contributed by atoms with Gasteiger partial charge in [0.25, 0.3) is 0 Å². The summed E-state index contributed by atoms with van der Waals surface area (Å²) in [7, 11) is 0. The second-order valence-corrected chi connectivity index (χ2v) is 7.84. The van der Waals surface area contributed by atoms with E-state index < -0.39 is 0 Å². The topological polar surface area (TPSA) is 6.48 Å². The number of nitrogens with zero attached hydrogens (tertiary/aromatic N) is 2. The maximum Gasteiger partial charge on any atom is 0.0244 e. The van der Waals surface area contributed by atoms with Crippen molar-refractivity contribution in [2.75, 3.05) is 26.2 Å². The molecule has 0 aliphatic carbocycles. The standard InChI is InChI=1S/C18H30N2S/c1-3-18-15(2)21-14-16(18)13-19-11-7-17(8-12-19)20-9-5-4-6-10-20/h14,17H,3-13H2,1-2H3. The molecule has 3 heterocycles. The molecule has 0 amide bonds. The Labute approximate surface area is 134 Å². The highest BCUT2D eigenvalue weighted by molar-refractivity contribution is 7.10. The van der Waals surface area contributed by atoms with E-state index in [0.29, 0.717) is 0 Å². The molecule has 0 spiro atoms. The van der Waals surface area contributed by atoms with E-state index in [1.807, 2.05) is 11.3 Å². The Morgan fingerprint density at radius 1 is 1.10 bits per heavy atom. The van der Waals surface area contributed by atoms with Crippen LogP contribution in [0.2, 0.25) is 0 Å². The fourth-order valence-corrected chi connectivity index (χ4v) is 5.06. The van der Waals surface area contributed by atoms with Crippen LogP contribution in [0.1, 0.15) is 55.0 Å². The van der Waals surface area contributed by atoms with Gasteiger partial charge in [0.05, 0.1) is 0 Å². The van der Waals surface area contributed by atoms with Crippen LogP contribution in [0.15, 0.2) is 5.38 Å². The molecule has 118 valence electrons. The summed E-state index contributed by atoms with van der Waals surface area (Å²) < 4.78 is 0. The molecular weight excluding hydrogens is 276 g/mol. The summed E-state index contributed by atoms with van der Waals surface area (Å²) in [5.41, 5.74) is 3.20. The maximum absolute atomic E-state index is 2.77. The summed E-state index contributed by atoms with van der Waals surface area (Å²) >= 11 is 1.93. The first kappa shape index (κ1) is 15.5. The van der Waals surface area contributed by atoms with E-state index in [4.69, 9.17) is 0 Å². The minimum atomic E-state index is 0.872. The molecule has 0 aromatic carbocycles. The van der Waals surface area contributed by atoms with Crippen LogP contribution in [0.25, 0.3) is 0 Å². The molecule has 2 aliphatic heterocycles. The van der Waals surface area contributed by atoms with Crippen molar-refractivity contribution in [3.05, 3.63) is 21.4 Å². The number of likely N-dealkylation sites (tertiary alicyclic amines) is 2.